The topological polar surface area (TPSA) is 78.5 Å². The number of nitrogens with one attached hydrogen (secondary N) is 2. The number of thioether (sulfide) groups is 1. The Bertz CT molecular complexity index is 871. The number of halogens is 1. The molecule has 0 radical (unpaired) electrons. The fourth-order valence-electron chi connectivity index (χ4n) is 2.95. The van der Waals surface area contributed by atoms with Gasteiger partial charge in [-0.1, -0.05) is 15.9 Å². The summed E-state index contributed by atoms with van der Waals surface area (Å²) >= 11 is 4.96. The highest BCUT2D eigenvalue weighted by atomic mass is 79.9. The van der Waals surface area contributed by atoms with E-state index in [1.54, 1.807) is 28.8 Å². The molecule has 8 heteroatoms. The third-order valence-electron chi connectivity index (χ3n) is 4.43. The Morgan fingerprint density at radius 2 is 1.82 bits per heavy atom. The quantitative estimate of drug-likeness (QED) is 0.646. The van der Waals surface area contributed by atoms with Crippen LogP contribution in [0.5, 0.6) is 0 Å². The Morgan fingerprint density at radius 1 is 1.14 bits per heavy atom. The van der Waals surface area contributed by atoms with Crippen LogP contribution in [0.2, 0.25) is 0 Å². The second-order valence-corrected chi connectivity index (χ2v) is 8.17. The van der Waals surface area contributed by atoms with Crippen molar-refractivity contribution in [1.82, 2.24) is 5.32 Å². The molecular weight excluding hydrogens is 442 g/mol. The smallest absolute Gasteiger partial charge is 0.243 e. The molecule has 1 aliphatic rings. The van der Waals surface area contributed by atoms with E-state index in [1.807, 2.05) is 42.7 Å². The molecule has 3 rings (SSSR count). The third kappa shape index (κ3) is 5.14. The number of carbonyl (C=O) groups is 3. The van der Waals surface area contributed by atoms with Crippen LogP contribution in [0.1, 0.15) is 6.42 Å². The first-order valence-corrected chi connectivity index (χ1v) is 10.8. The number of hydrogen-bond donors (Lipinski definition) is 2. The van der Waals surface area contributed by atoms with Crippen LogP contribution in [0.15, 0.2) is 57.9 Å². The van der Waals surface area contributed by atoms with E-state index in [2.05, 4.69) is 26.6 Å². The Kier molecular flexibility index (Phi) is 6.74. The molecule has 3 amide bonds. The number of rotatable bonds is 6. The van der Waals surface area contributed by atoms with Crippen molar-refractivity contribution in [1.29, 1.82) is 0 Å². The summed E-state index contributed by atoms with van der Waals surface area (Å²) in [6.07, 6.45) is 2.13. The molecule has 0 aliphatic carbocycles. The minimum atomic E-state index is -0.465. The molecule has 0 aromatic heterocycles. The molecule has 0 bridgehead atoms. The van der Waals surface area contributed by atoms with E-state index in [0.29, 0.717) is 12.2 Å². The third-order valence-corrected chi connectivity index (χ3v) is 5.70. The maximum Gasteiger partial charge on any atom is 0.243 e. The van der Waals surface area contributed by atoms with Gasteiger partial charge >= 0.3 is 0 Å². The largest absolute Gasteiger partial charge is 0.347 e. The van der Waals surface area contributed by atoms with E-state index in [9.17, 15) is 14.4 Å². The Balaban J connectivity index is 1.51. The van der Waals surface area contributed by atoms with E-state index in [0.717, 1.165) is 15.1 Å². The van der Waals surface area contributed by atoms with Crippen molar-refractivity contribution in [3.05, 3.63) is 53.0 Å². The Morgan fingerprint density at radius 3 is 2.46 bits per heavy atom. The predicted octanol–water partition coefficient (Wildman–Crippen LogP) is 3.28. The first-order chi connectivity index (χ1) is 13.5. The zero-order chi connectivity index (χ0) is 20.1. The zero-order valence-corrected chi connectivity index (χ0v) is 17.7. The highest BCUT2D eigenvalue weighted by Gasteiger charge is 2.35. The molecular formula is C20H20BrN3O3S. The highest BCUT2D eigenvalue weighted by molar-refractivity contribution is 9.10. The van der Waals surface area contributed by atoms with Crippen LogP contribution < -0.4 is 15.5 Å². The summed E-state index contributed by atoms with van der Waals surface area (Å²) in [5.41, 5.74) is 1.43. The molecule has 0 saturated carbocycles. The second kappa shape index (κ2) is 9.25. The van der Waals surface area contributed by atoms with E-state index in [-0.39, 0.29) is 30.7 Å². The average molecular weight is 462 g/mol. The lowest BCUT2D eigenvalue weighted by atomic mass is 10.1. The summed E-state index contributed by atoms with van der Waals surface area (Å²) < 4.78 is 0.914. The molecule has 2 N–H and O–H groups in total. The molecule has 146 valence electrons. The molecule has 28 heavy (non-hydrogen) atoms. The summed E-state index contributed by atoms with van der Waals surface area (Å²) in [6.45, 7) is 0.180. The number of carbonyl (C=O) groups excluding carboxylic acids is 3. The highest BCUT2D eigenvalue weighted by Crippen LogP contribution is 2.27. The van der Waals surface area contributed by atoms with E-state index >= 15 is 0 Å². The van der Waals surface area contributed by atoms with Crippen molar-refractivity contribution >= 4 is 56.8 Å². The van der Waals surface area contributed by atoms with Crippen LogP contribution in [0.3, 0.4) is 0 Å². The number of benzene rings is 2. The maximum absolute atomic E-state index is 12.4. The van der Waals surface area contributed by atoms with Crippen molar-refractivity contribution in [2.24, 2.45) is 5.92 Å². The molecule has 6 nitrogen and oxygen atoms in total. The van der Waals surface area contributed by atoms with Gasteiger partial charge < -0.3 is 15.5 Å². The fraction of sp³-hybridized carbons (Fsp3) is 0.250. The summed E-state index contributed by atoms with van der Waals surface area (Å²) in [4.78, 5) is 39.4. The normalized spacial score (nSPS) is 16.1. The standard InChI is InChI=1S/C20H20BrN3O3S/c1-28-17-8-6-16(7-9-17)24-12-13(10-19(24)26)20(27)22-11-18(25)23-15-4-2-14(21)3-5-15/h2-9,13H,10-12H2,1H3,(H,22,27)(H,23,25). The van der Waals surface area contributed by atoms with Gasteiger partial charge in [0.05, 0.1) is 12.5 Å². The van der Waals surface area contributed by atoms with Crippen molar-refractivity contribution < 1.29 is 14.4 Å². The second-order valence-electron chi connectivity index (χ2n) is 6.38. The van der Waals surface area contributed by atoms with Crippen LogP contribution in [0.25, 0.3) is 0 Å². The zero-order valence-electron chi connectivity index (χ0n) is 15.3. The van der Waals surface area contributed by atoms with Gasteiger partial charge in [0.25, 0.3) is 0 Å². The fourth-order valence-corrected chi connectivity index (χ4v) is 3.62. The SMILES string of the molecule is CSc1ccc(N2CC(C(=O)NCC(=O)Nc3ccc(Br)cc3)CC2=O)cc1. The summed E-state index contributed by atoms with van der Waals surface area (Å²) in [6, 6.07) is 14.8. The van der Waals surface area contributed by atoms with E-state index < -0.39 is 5.92 Å². The predicted molar refractivity (Wildman–Crippen MR) is 114 cm³/mol. The van der Waals surface area contributed by atoms with E-state index in [1.165, 1.54) is 0 Å². The van der Waals surface area contributed by atoms with Crippen LogP contribution in [-0.4, -0.2) is 37.1 Å². The summed E-state index contributed by atoms with van der Waals surface area (Å²) in [7, 11) is 0. The van der Waals surface area contributed by atoms with Crippen LogP contribution in [0, 0.1) is 5.92 Å². The van der Waals surface area contributed by atoms with Gasteiger partial charge in [-0.2, -0.15) is 0 Å². The van der Waals surface area contributed by atoms with Crippen LogP contribution in [0.4, 0.5) is 11.4 Å². The van der Waals surface area contributed by atoms with Gasteiger partial charge in [0.15, 0.2) is 0 Å². The monoisotopic (exact) mass is 461 g/mol. The van der Waals surface area contributed by atoms with Crippen molar-refractivity contribution in [2.45, 2.75) is 11.3 Å². The van der Waals surface area contributed by atoms with Gasteiger partial charge in [-0.3, -0.25) is 14.4 Å². The lowest BCUT2D eigenvalue weighted by Gasteiger charge is -2.17. The number of hydrogen-bond acceptors (Lipinski definition) is 4. The van der Waals surface area contributed by atoms with Gasteiger partial charge in [-0.05, 0) is 54.8 Å². The van der Waals surface area contributed by atoms with Crippen LogP contribution >= 0.6 is 27.7 Å². The molecule has 1 heterocycles. The lowest BCUT2D eigenvalue weighted by molar-refractivity contribution is -0.127. The average Bonchev–Trinajstić information content (AvgIpc) is 3.10. The summed E-state index contributed by atoms with van der Waals surface area (Å²) in [5.74, 6) is -1.16. The van der Waals surface area contributed by atoms with Gasteiger partial charge in [-0.15, -0.1) is 11.8 Å². The Hall–Kier alpha value is -2.32. The van der Waals surface area contributed by atoms with Crippen molar-refractivity contribution in [2.75, 3.05) is 29.6 Å². The van der Waals surface area contributed by atoms with E-state index in [4.69, 9.17) is 0 Å². The van der Waals surface area contributed by atoms with Crippen LogP contribution in [-0.2, 0) is 14.4 Å². The van der Waals surface area contributed by atoms with Gasteiger partial charge in [0.2, 0.25) is 17.7 Å². The number of nitrogens with zero attached hydrogens (tertiary/aromatic N) is 1. The Labute approximate surface area is 176 Å². The number of amides is 3. The first kappa shape index (κ1) is 20.4. The van der Waals surface area contributed by atoms with Crippen molar-refractivity contribution in [3.63, 3.8) is 0 Å². The molecule has 1 atom stereocenters. The van der Waals surface area contributed by atoms with Gasteiger partial charge in [0, 0.05) is 33.7 Å². The molecule has 1 fully saturated rings. The minimum absolute atomic E-state index is 0.0867. The molecule has 2 aromatic carbocycles. The lowest BCUT2D eigenvalue weighted by Crippen LogP contribution is -2.37. The maximum atomic E-state index is 12.4. The first-order valence-electron chi connectivity index (χ1n) is 8.74. The molecule has 1 saturated heterocycles. The number of anilines is 2. The molecule has 1 aliphatic heterocycles. The van der Waals surface area contributed by atoms with Crippen molar-refractivity contribution in [3.8, 4) is 0 Å². The molecule has 0 spiro atoms. The summed E-state index contributed by atoms with van der Waals surface area (Å²) in [5, 5.41) is 5.34. The van der Waals surface area contributed by atoms with Gasteiger partial charge in [0.1, 0.15) is 0 Å². The van der Waals surface area contributed by atoms with Gasteiger partial charge in [-0.25, -0.2) is 0 Å². The molecule has 2 aromatic rings. The molecule has 1 unspecified atom stereocenters. The minimum Gasteiger partial charge on any atom is -0.347 e.